The molecule has 0 radical (unpaired) electrons. The van der Waals surface area contributed by atoms with Crippen LogP contribution in [0.1, 0.15) is 20.8 Å². The zero-order valence-electron chi connectivity index (χ0n) is 10.0. The highest BCUT2D eigenvalue weighted by Crippen LogP contribution is 1.98. The van der Waals surface area contributed by atoms with Gasteiger partial charge in [-0.2, -0.15) is 0 Å². The minimum absolute atomic E-state index is 0.0380. The summed E-state index contributed by atoms with van der Waals surface area (Å²) < 4.78 is 0. The Kier molecular flexibility index (Phi) is 5.94. The molecule has 0 bridgehead atoms. The first-order chi connectivity index (χ1) is 6.90. The third kappa shape index (κ3) is 6.91. The molecule has 0 aromatic carbocycles. The van der Waals surface area contributed by atoms with Crippen molar-refractivity contribution in [1.29, 1.82) is 0 Å². The number of hydrogen-bond acceptors (Lipinski definition) is 2. The molecule has 3 heteroatoms. The summed E-state index contributed by atoms with van der Waals surface area (Å²) in [6, 6.07) is 0. The molecule has 0 aliphatic carbocycles. The van der Waals surface area contributed by atoms with Crippen LogP contribution < -0.4 is 5.32 Å². The van der Waals surface area contributed by atoms with Crippen LogP contribution in [0, 0.1) is 0 Å². The highest BCUT2D eigenvalue weighted by molar-refractivity contribution is 5.78. The van der Waals surface area contributed by atoms with E-state index in [2.05, 4.69) is 18.5 Å². The van der Waals surface area contributed by atoms with Gasteiger partial charge in [-0.1, -0.05) is 12.2 Å². The Morgan fingerprint density at radius 2 is 1.73 bits per heavy atom. The van der Waals surface area contributed by atoms with Crippen LogP contribution in [0.4, 0.5) is 0 Å². The van der Waals surface area contributed by atoms with Crippen LogP contribution in [-0.2, 0) is 4.79 Å². The third-order valence-corrected chi connectivity index (χ3v) is 1.82. The van der Waals surface area contributed by atoms with Crippen molar-refractivity contribution in [1.82, 2.24) is 10.2 Å². The van der Waals surface area contributed by atoms with E-state index in [0.717, 1.165) is 0 Å². The molecule has 0 saturated heterocycles. The first kappa shape index (κ1) is 13.9. The van der Waals surface area contributed by atoms with Crippen molar-refractivity contribution in [3.8, 4) is 0 Å². The predicted octanol–water partition coefficient (Wildman–Crippen LogP) is 1.58. The Balaban J connectivity index is 4.13. The second kappa shape index (κ2) is 6.40. The van der Waals surface area contributed by atoms with Gasteiger partial charge in [0.25, 0.3) is 0 Å². The largest absolute Gasteiger partial charge is 0.334 e. The highest BCUT2D eigenvalue weighted by Gasteiger charge is 2.14. The summed E-state index contributed by atoms with van der Waals surface area (Å²) in [7, 11) is 0. The van der Waals surface area contributed by atoms with Crippen molar-refractivity contribution in [3.05, 3.63) is 25.3 Å². The van der Waals surface area contributed by atoms with Crippen LogP contribution in [0.3, 0.4) is 0 Å². The molecular formula is C12H22N2O. The molecule has 0 aromatic heterocycles. The van der Waals surface area contributed by atoms with Gasteiger partial charge in [0.2, 0.25) is 5.91 Å². The Bertz CT molecular complexity index is 218. The highest BCUT2D eigenvalue weighted by atomic mass is 16.2. The van der Waals surface area contributed by atoms with Gasteiger partial charge in [0, 0.05) is 18.6 Å². The van der Waals surface area contributed by atoms with Crippen LogP contribution in [-0.4, -0.2) is 36.0 Å². The lowest BCUT2D eigenvalue weighted by Gasteiger charge is -2.24. The standard InChI is InChI=1S/C12H22N2O/c1-6-8-14(9-7-2)11(15)10-13-12(3,4)5/h6-7,13H,1-2,8-10H2,3-5H3. The summed E-state index contributed by atoms with van der Waals surface area (Å²) >= 11 is 0. The molecule has 1 N–H and O–H groups in total. The molecular weight excluding hydrogens is 188 g/mol. The molecule has 0 heterocycles. The lowest BCUT2D eigenvalue weighted by atomic mass is 10.1. The van der Waals surface area contributed by atoms with E-state index in [9.17, 15) is 4.79 Å². The van der Waals surface area contributed by atoms with Gasteiger partial charge in [-0.05, 0) is 20.8 Å². The van der Waals surface area contributed by atoms with Crippen LogP contribution in [0.5, 0.6) is 0 Å². The number of carbonyl (C=O) groups is 1. The van der Waals surface area contributed by atoms with E-state index < -0.39 is 0 Å². The SMILES string of the molecule is C=CCN(CC=C)C(=O)CNC(C)(C)C. The number of carbonyl (C=O) groups excluding carboxylic acids is 1. The van der Waals surface area contributed by atoms with Crippen molar-refractivity contribution in [2.75, 3.05) is 19.6 Å². The van der Waals surface area contributed by atoms with Gasteiger partial charge in [-0.3, -0.25) is 4.79 Å². The first-order valence-electron chi connectivity index (χ1n) is 5.15. The fourth-order valence-corrected chi connectivity index (χ4v) is 1.04. The fourth-order valence-electron chi connectivity index (χ4n) is 1.04. The van der Waals surface area contributed by atoms with Crippen molar-refractivity contribution >= 4 is 5.91 Å². The second-order valence-electron chi connectivity index (χ2n) is 4.48. The van der Waals surface area contributed by atoms with E-state index in [0.29, 0.717) is 19.6 Å². The minimum Gasteiger partial charge on any atom is -0.334 e. The topological polar surface area (TPSA) is 32.3 Å². The van der Waals surface area contributed by atoms with Crippen molar-refractivity contribution in [2.24, 2.45) is 0 Å². The molecule has 0 unspecified atom stereocenters. The number of rotatable bonds is 6. The Hall–Kier alpha value is -1.09. The van der Waals surface area contributed by atoms with E-state index in [1.165, 1.54) is 0 Å². The van der Waals surface area contributed by atoms with Crippen LogP contribution in [0.25, 0.3) is 0 Å². The number of amides is 1. The quantitative estimate of drug-likeness (QED) is 0.675. The van der Waals surface area contributed by atoms with E-state index in [4.69, 9.17) is 0 Å². The van der Waals surface area contributed by atoms with Gasteiger partial charge < -0.3 is 10.2 Å². The molecule has 0 aromatic rings. The minimum atomic E-state index is -0.0380. The molecule has 0 aliphatic rings. The van der Waals surface area contributed by atoms with Gasteiger partial charge in [0.15, 0.2) is 0 Å². The van der Waals surface area contributed by atoms with Crippen LogP contribution >= 0.6 is 0 Å². The summed E-state index contributed by atoms with van der Waals surface area (Å²) in [5.74, 6) is 0.0738. The molecule has 3 nitrogen and oxygen atoms in total. The molecule has 0 aliphatic heterocycles. The zero-order valence-corrected chi connectivity index (χ0v) is 10.0. The molecule has 86 valence electrons. The van der Waals surface area contributed by atoms with Gasteiger partial charge in [0.05, 0.1) is 6.54 Å². The fraction of sp³-hybridized carbons (Fsp3) is 0.583. The normalized spacial score (nSPS) is 10.9. The maximum absolute atomic E-state index is 11.7. The molecule has 1 amide bonds. The van der Waals surface area contributed by atoms with Gasteiger partial charge in [-0.15, -0.1) is 13.2 Å². The van der Waals surface area contributed by atoms with E-state index in [1.54, 1.807) is 17.1 Å². The lowest BCUT2D eigenvalue weighted by Crippen LogP contribution is -2.45. The first-order valence-corrected chi connectivity index (χ1v) is 5.15. The van der Waals surface area contributed by atoms with Crippen molar-refractivity contribution in [3.63, 3.8) is 0 Å². The van der Waals surface area contributed by atoms with Crippen molar-refractivity contribution in [2.45, 2.75) is 26.3 Å². The van der Waals surface area contributed by atoms with Crippen molar-refractivity contribution < 1.29 is 4.79 Å². The predicted molar refractivity (Wildman–Crippen MR) is 64.7 cm³/mol. The van der Waals surface area contributed by atoms with E-state index >= 15 is 0 Å². The van der Waals surface area contributed by atoms with Crippen LogP contribution in [0.15, 0.2) is 25.3 Å². The average Bonchev–Trinajstić information content (AvgIpc) is 2.13. The van der Waals surface area contributed by atoms with E-state index in [-0.39, 0.29) is 11.4 Å². The number of hydrogen-bond donors (Lipinski definition) is 1. The molecule has 0 rings (SSSR count). The summed E-state index contributed by atoms with van der Waals surface area (Å²) in [5.41, 5.74) is -0.0380. The van der Waals surface area contributed by atoms with Gasteiger partial charge >= 0.3 is 0 Å². The summed E-state index contributed by atoms with van der Waals surface area (Å²) in [6.45, 7) is 14.8. The zero-order chi connectivity index (χ0) is 11.9. The Morgan fingerprint density at radius 3 is 2.07 bits per heavy atom. The van der Waals surface area contributed by atoms with Crippen LogP contribution in [0.2, 0.25) is 0 Å². The maximum atomic E-state index is 11.7. The summed E-state index contributed by atoms with van der Waals surface area (Å²) in [4.78, 5) is 13.4. The molecule has 0 saturated carbocycles. The second-order valence-corrected chi connectivity index (χ2v) is 4.48. The van der Waals surface area contributed by atoms with Gasteiger partial charge in [0.1, 0.15) is 0 Å². The molecule has 0 atom stereocenters. The number of nitrogens with one attached hydrogen (secondary N) is 1. The third-order valence-electron chi connectivity index (χ3n) is 1.82. The smallest absolute Gasteiger partial charge is 0.237 e. The monoisotopic (exact) mass is 210 g/mol. The molecule has 0 fully saturated rings. The van der Waals surface area contributed by atoms with E-state index in [1.807, 2.05) is 20.8 Å². The Labute approximate surface area is 92.8 Å². The summed E-state index contributed by atoms with van der Waals surface area (Å²) in [6.07, 6.45) is 3.44. The maximum Gasteiger partial charge on any atom is 0.237 e. The Morgan fingerprint density at radius 1 is 1.27 bits per heavy atom. The number of nitrogens with zero attached hydrogens (tertiary/aromatic N) is 1. The molecule has 15 heavy (non-hydrogen) atoms. The summed E-state index contributed by atoms with van der Waals surface area (Å²) in [5, 5.41) is 3.16. The van der Waals surface area contributed by atoms with Gasteiger partial charge in [-0.25, -0.2) is 0 Å². The molecule has 0 spiro atoms. The lowest BCUT2D eigenvalue weighted by molar-refractivity contribution is -0.129. The average molecular weight is 210 g/mol.